The predicted octanol–water partition coefficient (Wildman–Crippen LogP) is 2.22. The lowest BCUT2D eigenvalue weighted by Crippen LogP contribution is -2.40. The van der Waals surface area contributed by atoms with Gasteiger partial charge in [0.25, 0.3) is 17.7 Å². The first kappa shape index (κ1) is 19.4. The molecule has 0 unspecified atom stereocenters. The zero-order chi connectivity index (χ0) is 21.4. The third-order valence-electron chi connectivity index (χ3n) is 4.79. The summed E-state index contributed by atoms with van der Waals surface area (Å²) < 4.78 is 5.45. The van der Waals surface area contributed by atoms with Gasteiger partial charge in [0.05, 0.1) is 16.8 Å². The van der Waals surface area contributed by atoms with Gasteiger partial charge in [0.1, 0.15) is 12.3 Å². The SMILES string of the molecule is C=C(C)CN1C(=O)COc2ccc(NC(=O)CN3C(=O)c4ccccc4C3=O)cc21. The first-order valence-corrected chi connectivity index (χ1v) is 9.32. The average Bonchev–Trinajstić information content (AvgIpc) is 2.95. The average molecular weight is 405 g/mol. The number of carbonyl (C=O) groups excluding carboxylic acids is 4. The summed E-state index contributed by atoms with van der Waals surface area (Å²) in [6.45, 7) is 5.52. The molecule has 4 rings (SSSR count). The van der Waals surface area contributed by atoms with Gasteiger partial charge >= 0.3 is 0 Å². The fourth-order valence-corrected chi connectivity index (χ4v) is 3.45. The van der Waals surface area contributed by atoms with E-state index < -0.39 is 24.3 Å². The monoisotopic (exact) mass is 405 g/mol. The number of carbonyl (C=O) groups is 4. The molecule has 2 heterocycles. The number of fused-ring (bicyclic) bond motifs is 2. The Kier molecular flexibility index (Phi) is 4.83. The minimum atomic E-state index is -0.529. The molecule has 0 atom stereocenters. The van der Waals surface area contributed by atoms with Crippen molar-refractivity contribution in [3.63, 3.8) is 0 Å². The van der Waals surface area contributed by atoms with Crippen LogP contribution in [0.2, 0.25) is 0 Å². The van der Waals surface area contributed by atoms with E-state index in [1.165, 1.54) is 0 Å². The first-order chi connectivity index (χ1) is 14.3. The largest absolute Gasteiger partial charge is 0.482 e. The Morgan fingerprint density at radius 1 is 1.03 bits per heavy atom. The number of benzene rings is 2. The second kappa shape index (κ2) is 7.47. The van der Waals surface area contributed by atoms with E-state index in [0.717, 1.165) is 10.5 Å². The van der Waals surface area contributed by atoms with Crippen LogP contribution < -0.4 is 15.0 Å². The van der Waals surface area contributed by atoms with E-state index in [0.29, 0.717) is 23.7 Å². The summed E-state index contributed by atoms with van der Waals surface area (Å²) in [7, 11) is 0. The molecule has 2 aliphatic heterocycles. The summed E-state index contributed by atoms with van der Waals surface area (Å²) in [4.78, 5) is 52.1. The van der Waals surface area contributed by atoms with Crippen LogP contribution in [0.1, 0.15) is 27.6 Å². The molecule has 2 aromatic carbocycles. The topological polar surface area (TPSA) is 96.0 Å². The Labute approximate surface area is 172 Å². The molecule has 2 aliphatic rings. The van der Waals surface area contributed by atoms with E-state index in [9.17, 15) is 19.2 Å². The summed E-state index contributed by atoms with van der Waals surface area (Å²) in [5.74, 6) is -1.21. The van der Waals surface area contributed by atoms with Crippen LogP contribution in [0.4, 0.5) is 11.4 Å². The van der Waals surface area contributed by atoms with E-state index in [4.69, 9.17) is 4.74 Å². The van der Waals surface area contributed by atoms with Crippen molar-refractivity contribution in [1.29, 1.82) is 0 Å². The Morgan fingerprint density at radius 2 is 1.70 bits per heavy atom. The molecule has 0 saturated carbocycles. The van der Waals surface area contributed by atoms with Crippen molar-refractivity contribution in [2.75, 3.05) is 29.9 Å². The van der Waals surface area contributed by atoms with E-state index in [1.54, 1.807) is 47.4 Å². The smallest absolute Gasteiger partial charge is 0.265 e. The predicted molar refractivity (Wildman–Crippen MR) is 110 cm³/mol. The minimum absolute atomic E-state index is 0.0638. The number of amides is 4. The summed E-state index contributed by atoms with van der Waals surface area (Å²) in [5, 5.41) is 2.67. The molecule has 8 nitrogen and oxygen atoms in total. The maximum atomic E-state index is 12.5. The fourth-order valence-electron chi connectivity index (χ4n) is 3.45. The van der Waals surface area contributed by atoms with E-state index in [-0.39, 0.29) is 23.6 Å². The van der Waals surface area contributed by atoms with Crippen LogP contribution in [0.3, 0.4) is 0 Å². The quantitative estimate of drug-likeness (QED) is 0.608. The molecule has 0 bridgehead atoms. The number of ether oxygens (including phenoxy) is 1. The highest BCUT2D eigenvalue weighted by Crippen LogP contribution is 2.35. The van der Waals surface area contributed by atoms with Crippen molar-refractivity contribution < 1.29 is 23.9 Å². The van der Waals surface area contributed by atoms with E-state index in [2.05, 4.69) is 11.9 Å². The van der Waals surface area contributed by atoms with Crippen molar-refractivity contribution in [3.05, 3.63) is 65.7 Å². The van der Waals surface area contributed by atoms with Crippen molar-refractivity contribution in [2.24, 2.45) is 0 Å². The van der Waals surface area contributed by atoms with Gasteiger partial charge in [0.2, 0.25) is 5.91 Å². The van der Waals surface area contributed by atoms with Gasteiger partial charge < -0.3 is 15.0 Å². The Bertz CT molecular complexity index is 1070. The Morgan fingerprint density at radius 3 is 2.33 bits per heavy atom. The van der Waals surface area contributed by atoms with Crippen molar-refractivity contribution >= 4 is 35.0 Å². The van der Waals surface area contributed by atoms with Crippen molar-refractivity contribution in [3.8, 4) is 5.75 Å². The molecule has 2 aromatic rings. The Balaban J connectivity index is 1.50. The number of nitrogens with zero attached hydrogens (tertiary/aromatic N) is 2. The van der Waals surface area contributed by atoms with Crippen LogP contribution in [0.15, 0.2) is 54.6 Å². The Hall–Kier alpha value is -3.94. The van der Waals surface area contributed by atoms with Crippen molar-refractivity contribution in [1.82, 2.24) is 4.90 Å². The van der Waals surface area contributed by atoms with Crippen LogP contribution in [-0.2, 0) is 9.59 Å². The van der Waals surface area contributed by atoms with E-state index >= 15 is 0 Å². The van der Waals surface area contributed by atoms with Gasteiger partial charge in [-0.1, -0.05) is 24.3 Å². The molecule has 30 heavy (non-hydrogen) atoms. The molecule has 0 radical (unpaired) electrons. The normalized spacial score (nSPS) is 14.9. The van der Waals surface area contributed by atoms with Gasteiger partial charge in [-0.2, -0.15) is 0 Å². The molecule has 0 saturated heterocycles. The molecular formula is C22H19N3O5. The van der Waals surface area contributed by atoms with Gasteiger partial charge in [-0.25, -0.2) is 0 Å². The summed E-state index contributed by atoms with van der Waals surface area (Å²) >= 11 is 0. The highest BCUT2D eigenvalue weighted by atomic mass is 16.5. The van der Waals surface area contributed by atoms with Gasteiger partial charge in [-0.3, -0.25) is 24.1 Å². The van der Waals surface area contributed by atoms with Crippen LogP contribution in [0, 0.1) is 0 Å². The second-order valence-corrected chi connectivity index (χ2v) is 7.20. The highest BCUT2D eigenvalue weighted by molar-refractivity contribution is 6.22. The molecule has 8 heteroatoms. The first-order valence-electron chi connectivity index (χ1n) is 9.32. The second-order valence-electron chi connectivity index (χ2n) is 7.20. The van der Waals surface area contributed by atoms with Gasteiger partial charge in [-0.15, -0.1) is 0 Å². The number of imide groups is 1. The number of rotatable bonds is 5. The molecule has 0 spiro atoms. The lowest BCUT2D eigenvalue weighted by atomic mass is 10.1. The molecule has 0 aliphatic carbocycles. The zero-order valence-electron chi connectivity index (χ0n) is 16.3. The lowest BCUT2D eigenvalue weighted by molar-refractivity contribution is -0.121. The van der Waals surface area contributed by atoms with E-state index in [1.807, 2.05) is 6.92 Å². The van der Waals surface area contributed by atoms with Gasteiger partial charge in [0, 0.05) is 12.2 Å². The lowest BCUT2D eigenvalue weighted by Gasteiger charge is -2.30. The molecular weight excluding hydrogens is 386 g/mol. The number of anilines is 2. The standard InChI is InChI=1S/C22H19N3O5/c1-13(2)10-24-17-9-14(7-8-18(17)30-12-20(24)27)23-19(26)11-25-21(28)15-5-3-4-6-16(15)22(25)29/h3-9H,1,10-12H2,2H3,(H,23,26). The maximum Gasteiger partial charge on any atom is 0.265 e. The van der Waals surface area contributed by atoms with Crippen LogP contribution in [0.5, 0.6) is 5.75 Å². The third-order valence-corrected chi connectivity index (χ3v) is 4.79. The van der Waals surface area contributed by atoms with Crippen molar-refractivity contribution in [2.45, 2.75) is 6.92 Å². The molecule has 0 fully saturated rings. The number of nitrogens with one attached hydrogen (secondary N) is 1. The molecule has 0 aromatic heterocycles. The summed E-state index contributed by atoms with van der Waals surface area (Å²) in [6, 6.07) is 11.4. The molecule has 1 N–H and O–H groups in total. The summed E-state index contributed by atoms with van der Waals surface area (Å²) in [5.41, 5.74) is 2.31. The highest BCUT2D eigenvalue weighted by Gasteiger charge is 2.36. The number of hydrogen-bond donors (Lipinski definition) is 1. The van der Waals surface area contributed by atoms with Crippen LogP contribution >= 0.6 is 0 Å². The van der Waals surface area contributed by atoms with Crippen LogP contribution in [-0.4, -0.2) is 48.2 Å². The van der Waals surface area contributed by atoms with Gasteiger partial charge in [0.15, 0.2) is 6.61 Å². The fraction of sp³-hybridized carbons (Fsp3) is 0.182. The minimum Gasteiger partial charge on any atom is -0.482 e. The number of hydrogen-bond acceptors (Lipinski definition) is 5. The zero-order valence-corrected chi connectivity index (χ0v) is 16.3. The van der Waals surface area contributed by atoms with Crippen LogP contribution in [0.25, 0.3) is 0 Å². The molecule has 4 amide bonds. The molecule has 152 valence electrons. The summed E-state index contributed by atoms with van der Waals surface area (Å²) in [6.07, 6.45) is 0. The maximum absolute atomic E-state index is 12.5. The van der Waals surface area contributed by atoms with Gasteiger partial charge in [-0.05, 0) is 37.3 Å². The third kappa shape index (κ3) is 3.43.